The summed E-state index contributed by atoms with van der Waals surface area (Å²) in [7, 11) is 1.40. The summed E-state index contributed by atoms with van der Waals surface area (Å²) < 4.78 is 68.3. The molecule has 4 nitrogen and oxygen atoms in total. The number of hydrogen-bond donors (Lipinski definition) is 0. The lowest BCUT2D eigenvalue weighted by Gasteiger charge is -2.21. The Kier molecular flexibility index (Phi) is 4.93. The third-order valence-electron chi connectivity index (χ3n) is 3.86. The molecule has 0 N–H and O–H groups in total. The number of alkyl halides is 2. The Bertz CT molecular complexity index is 1000. The molecule has 0 atom stereocenters. The van der Waals surface area contributed by atoms with Gasteiger partial charge in [0.05, 0.1) is 11.4 Å². The lowest BCUT2D eigenvalue weighted by molar-refractivity contribution is -0.106. The molecule has 0 aliphatic carbocycles. The van der Waals surface area contributed by atoms with Crippen LogP contribution < -0.4 is 4.90 Å². The number of aryl methyl sites for hydroxylation is 1. The largest absolute Gasteiger partial charge is 0.284 e. The van der Waals surface area contributed by atoms with E-state index in [0.717, 1.165) is 33.8 Å². The number of aromatic nitrogens is 2. The fourth-order valence-electron chi connectivity index (χ4n) is 2.69. The maximum Gasteiger partial charge on any atom is 0.284 e. The summed E-state index contributed by atoms with van der Waals surface area (Å²) in [5.41, 5.74) is -0.766. The minimum atomic E-state index is -2.96. The van der Waals surface area contributed by atoms with E-state index in [0.29, 0.717) is 0 Å². The Morgan fingerprint density at radius 2 is 1.78 bits per heavy atom. The monoisotopic (exact) mass is 381 g/mol. The molecule has 0 aliphatic rings. The van der Waals surface area contributed by atoms with Crippen LogP contribution in [0.25, 0.3) is 11.1 Å². The summed E-state index contributed by atoms with van der Waals surface area (Å²) >= 11 is 0. The van der Waals surface area contributed by atoms with Crippen LogP contribution in [-0.4, -0.2) is 16.2 Å². The summed E-state index contributed by atoms with van der Waals surface area (Å²) in [5, 5.41) is 3.63. The van der Waals surface area contributed by atoms with Gasteiger partial charge < -0.3 is 0 Å². The smallest absolute Gasteiger partial charge is 0.279 e. The molecule has 9 heteroatoms. The molecule has 3 aromatic rings. The van der Waals surface area contributed by atoms with E-state index in [1.54, 1.807) is 0 Å². The summed E-state index contributed by atoms with van der Waals surface area (Å²) in [4.78, 5) is 12.5. The molecule has 0 radical (unpaired) electrons. The molecule has 3 rings (SSSR count). The number of halogens is 5. The SMILES string of the molecule is Cn1cc(N(C=O)c2ccc(F)cc2-c2ccc(F)c(F)c2)c(C(F)F)n1. The molecule has 140 valence electrons. The van der Waals surface area contributed by atoms with Crippen LogP contribution in [-0.2, 0) is 11.8 Å². The van der Waals surface area contributed by atoms with Crippen LogP contribution in [0.1, 0.15) is 12.1 Å². The molecule has 0 spiro atoms. The van der Waals surface area contributed by atoms with Gasteiger partial charge in [0, 0.05) is 18.8 Å². The number of hydrogen-bond acceptors (Lipinski definition) is 2. The van der Waals surface area contributed by atoms with Gasteiger partial charge in [0.1, 0.15) is 5.82 Å². The average molecular weight is 381 g/mol. The van der Waals surface area contributed by atoms with E-state index in [1.807, 2.05) is 0 Å². The third kappa shape index (κ3) is 3.53. The highest BCUT2D eigenvalue weighted by molar-refractivity contribution is 5.94. The molecule has 27 heavy (non-hydrogen) atoms. The molecule has 1 amide bonds. The first-order chi connectivity index (χ1) is 12.8. The fourth-order valence-corrected chi connectivity index (χ4v) is 2.69. The summed E-state index contributed by atoms with van der Waals surface area (Å²) in [5.74, 6) is -2.98. The van der Waals surface area contributed by atoms with Crippen molar-refractivity contribution in [2.45, 2.75) is 6.43 Å². The fraction of sp³-hybridized carbons (Fsp3) is 0.111. The highest BCUT2D eigenvalue weighted by atomic mass is 19.3. The van der Waals surface area contributed by atoms with Crippen molar-refractivity contribution in [1.82, 2.24) is 9.78 Å². The van der Waals surface area contributed by atoms with Crippen molar-refractivity contribution in [2.75, 3.05) is 4.90 Å². The first-order valence-electron chi connectivity index (χ1n) is 7.63. The van der Waals surface area contributed by atoms with E-state index in [2.05, 4.69) is 5.10 Å². The summed E-state index contributed by atoms with van der Waals surface area (Å²) in [6.07, 6.45) is -1.50. The molecule has 0 unspecified atom stereocenters. The molecule has 1 aromatic heterocycles. The maximum absolute atomic E-state index is 13.8. The number of rotatable bonds is 5. The Labute approximate surface area is 150 Å². The zero-order valence-electron chi connectivity index (χ0n) is 13.8. The second-order valence-electron chi connectivity index (χ2n) is 5.64. The number of nitrogens with zero attached hydrogens (tertiary/aromatic N) is 3. The number of anilines is 2. The Morgan fingerprint density at radius 1 is 1.04 bits per heavy atom. The molecule has 1 heterocycles. The Morgan fingerprint density at radius 3 is 2.41 bits per heavy atom. The standard InChI is InChI=1S/C18H12F5N3O/c1-25-8-16(17(24-25)18(22)23)26(9-27)15-5-3-11(19)7-12(15)10-2-4-13(20)14(21)6-10/h2-9,18H,1H3. The van der Waals surface area contributed by atoms with E-state index in [1.165, 1.54) is 25.4 Å². The zero-order valence-corrected chi connectivity index (χ0v) is 13.8. The van der Waals surface area contributed by atoms with Crippen molar-refractivity contribution in [1.29, 1.82) is 0 Å². The lowest BCUT2D eigenvalue weighted by Crippen LogP contribution is -2.16. The lowest BCUT2D eigenvalue weighted by atomic mass is 10.0. The average Bonchev–Trinajstić information content (AvgIpc) is 3.01. The zero-order chi connectivity index (χ0) is 19.7. The predicted molar refractivity (Wildman–Crippen MR) is 88.1 cm³/mol. The maximum atomic E-state index is 13.8. The number of benzene rings is 2. The van der Waals surface area contributed by atoms with Gasteiger partial charge in [-0.05, 0) is 35.9 Å². The molecule has 0 aliphatic heterocycles. The van der Waals surface area contributed by atoms with Crippen molar-refractivity contribution in [2.24, 2.45) is 7.05 Å². The van der Waals surface area contributed by atoms with E-state index >= 15 is 0 Å². The highest BCUT2D eigenvalue weighted by Gasteiger charge is 2.25. The van der Waals surface area contributed by atoms with Gasteiger partial charge in [-0.15, -0.1) is 0 Å². The third-order valence-corrected chi connectivity index (χ3v) is 3.86. The minimum absolute atomic E-state index is 0.00677. The van der Waals surface area contributed by atoms with Gasteiger partial charge in [-0.1, -0.05) is 6.07 Å². The summed E-state index contributed by atoms with van der Waals surface area (Å²) in [6.45, 7) is 0. The van der Waals surface area contributed by atoms with Gasteiger partial charge in [0.15, 0.2) is 17.3 Å². The van der Waals surface area contributed by atoms with Crippen LogP contribution in [0.2, 0.25) is 0 Å². The number of carbonyl (C=O) groups is 1. The first-order valence-corrected chi connectivity index (χ1v) is 7.63. The van der Waals surface area contributed by atoms with Crippen LogP contribution in [0.15, 0.2) is 42.6 Å². The van der Waals surface area contributed by atoms with Gasteiger partial charge in [-0.25, -0.2) is 22.0 Å². The van der Waals surface area contributed by atoms with E-state index in [9.17, 15) is 26.7 Å². The van der Waals surface area contributed by atoms with Gasteiger partial charge in [0.2, 0.25) is 6.41 Å². The van der Waals surface area contributed by atoms with Crippen LogP contribution in [0, 0.1) is 17.5 Å². The topological polar surface area (TPSA) is 38.1 Å². The van der Waals surface area contributed by atoms with Crippen LogP contribution in [0.5, 0.6) is 0 Å². The Balaban J connectivity index is 2.21. The molecule has 0 saturated carbocycles. The van der Waals surface area contributed by atoms with Crippen LogP contribution >= 0.6 is 0 Å². The molecule has 0 fully saturated rings. The number of carbonyl (C=O) groups excluding carboxylic acids is 1. The molecule has 0 saturated heterocycles. The van der Waals surface area contributed by atoms with Crippen molar-refractivity contribution in [3.63, 3.8) is 0 Å². The van der Waals surface area contributed by atoms with Crippen molar-refractivity contribution < 1.29 is 26.7 Å². The van der Waals surface area contributed by atoms with Crippen molar-refractivity contribution in [3.8, 4) is 11.1 Å². The van der Waals surface area contributed by atoms with Gasteiger partial charge in [-0.3, -0.25) is 14.4 Å². The normalized spacial score (nSPS) is 11.1. The number of amides is 1. The van der Waals surface area contributed by atoms with Crippen LogP contribution in [0.4, 0.5) is 33.3 Å². The van der Waals surface area contributed by atoms with Crippen molar-refractivity contribution >= 4 is 17.8 Å². The second kappa shape index (κ2) is 7.18. The second-order valence-corrected chi connectivity index (χ2v) is 5.64. The molecule has 2 aromatic carbocycles. The van der Waals surface area contributed by atoms with E-state index in [-0.39, 0.29) is 28.9 Å². The van der Waals surface area contributed by atoms with Crippen LogP contribution in [0.3, 0.4) is 0 Å². The van der Waals surface area contributed by atoms with Gasteiger partial charge in [-0.2, -0.15) is 5.10 Å². The molecule has 0 bridgehead atoms. The predicted octanol–water partition coefficient (Wildman–Crippen LogP) is 4.74. The minimum Gasteiger partial charge on any atom is -0.279 e. The van der Waals surface area contributed by atoms with E-state index in [4.69, 9.17) is 0 Å². The summed E-state index contributed by atoms with van der Waals surface area (Å²) in [6, 6.07) is 6.07. The van der Waals surface area contributed by atoms with E-state index < -0.39 is 29.6 Å². The van der Waals surface area contributed by atoms with Gasteiger partial charge >= 0.3 is 0 Å². The molecular weight excluding hydrogens is 369 g/mol. The Hall–Kier alpha value is -3.23. The van der Waals surface area contributed by atoms with Crippen molar-refractivity contribution in [3.05, 3.63) is 65.7 Å². The molecular formula is C18H12F5N3O. The first kappa shape index (κ1) is 18.6. The quantitative estimate of drug-likeness (QED) is 0.473. The highest BCUT2D eigenvalue weighted by Crippen LogP contribution is 2.38. The van der Waals surface area contributed by atoms with Gasteiger partial charge in [0.25, 0.3) is 6.43 Å².